The average Bonchev–Trinajstić information content (AvgIpc) is 2.48. The fraction of sp³-hybridized carbons (Fsp3) is 0.200. The van der Waals surface area contributed by atoms with Crippen molar-refractivity contribution in [3.8, 4) is 11.1 Å². The maximum atomic E-state index is 10.6. The van der Waals surface area contributed by atoms with Gasteiger partial charge in [0.2, 0.25) is 0 Å². The largest absolute Gasteiger partial charge is 0.383 e. The van der Waals surface area contributed by atoms with Gasteiger partial charge >= 0.3 is 0 Å². The predicted octanol–water partition coefficient (Wildman–Crippen LogP) is 2.62. The topological polar surface area (TPSA) is 51.2 Å². The van der Waals surface area contributed by atoms with E-state index in [1.54, 1.807) is 19.2 Å². The molecular weight excluding hydrogens is 240 g/mol. The number of rotatable bonds is 6. The summed E-state index contributed by atoms with van der Waals surface area (Å²) < 4.78 is 4.96. The van der Waals surface area contributed by atoms with Gasteiger partial charge in [-0.15, -0.1) is 0 Å². The van der Waals surface area contributed by atoms with Crippen molar-refractivity contribution in [3.63, 3.8) is 0 Å². The van der Waals surface area contributed by atoms with E-state index in [1.807, 2.05) is 30.5 Å². The van der Waals surface area contributed by atoms with E-state index in [9.17, 15) is 4.79 Å². The van der Waals surface area contributed by atoms with Gasteiger partial charge < -0.3 is 10.1 Å². The van der Waals surface area contributed by atoms with Gasteiger partial charge in [0.1, 0.15) is 12.1 Å². The molecule has 0 spiro atoms. The van der Waals surface area contributed by atoms with E-state index in [2.05, 4.69) is 10.3 Å². The normalized spacial score (nSPS) is 10.2. The number of nitrogens with zero attached hydrogens (tertiary/aromatic N) is 1. The Labute approximate surface area is 112 Å². The fourth-order valence-electron chi connectivity index (χ4n) is 1.70. The van der Waals surface area contributed by atoms with Gasteiger partial charge in [-0.05, 0) is 17.7 Å². The summed E-state index contributed by atoms with van der Waals surface area (Å²) in [6, 6.07) is 11.4. The number of carbonyl (C=O) groups is 1. The summed E-state index contributed by atoms with van der Waals surface area (Å²) in [5, 5.41) is 3.16. The summed E-state index contributed by atoms with van der Waals surface area (Å²) in [5.74, 6) is 0.824. The lowest BCUT2D eigenvalue weighted by atomic mass is 10.1. The van der Waals surface area contributed by atoms with Crippen molar-refractivity contribution < 1.29 is 9.53 Å². The summed E-state index contributed by atoms with van der Waals surface area (Å²) in [5.41, 5.74) is 2.74. The maximum absolute atomic E-state index is 10.6. The summed E-state index contributed by atoms with van der Waals surface area (Å²) in [7, 11) is 1.67. The van der Waals surface area contributed by atoms with E-state index in [-0.39, 0.29) is 0 Å². The van der Waals surface area contributed by atoms with Crippen molar-refractivity contribution in [3.05, 3.63) is 48.2 Å². The van der Waals surface area contributed by atoms with Crippen LogP contribution >= 0.6 is 0 Å². The molecular formula is C15H16N2O2. The molecule has 0 atom stereocenters. The minimum atomic E-state index is 0.649. The minimum Gasteiger partial charge on any atom is -0.383 e. The molecule has 0 amide bonds. The quantitative estimate of drug-likeness (QED) is 0.637. The Bertz CT molecular complexity index is 521. The molecule has 2 aromatic rings. The van der Waals surface area contributed by atoms with Crippen molar-refractivity contribution >= 4 is 12.1 Å². The van der Waals surface area contributed by atoms with E-state index in [0.717, 1.165) is 29.8 Å². The first kappa shape index (κ1) is 13.2. The molecule has 0 saturated heterocycles. The molecule has 2 rings (SSSR count). The monoisotopic (exact) mass is 256 g/mol. The Hall–Kier alpha value is -2.20. The lowest BCUT2D eigenvalue weighted by Gasteiger charge is -2.06. The standard InChI is InChI=1S/C15H16N2O2/c1-19-9-8-16-15-7-6-14(10-17-15)13-4-2-12(11-18)3-5-13/h2-7,10-11H,8-9H2,1H3,(H,16,17). The highest BCUT2D eigenvalue weighted by Crippen LogP contribution is 2.19. The zero-order valence-corrected chi connectivity index (χ0v) is 10.8. The lowest BCUT2D eigenvalue weighted by Crippen LogP contribution is -2.08. The molecule has 1 heterocycles. The third-order valence-corrected chi connectivity index (χ3v) is 2.76. The number of nitrogens with one attached hydrogen (secondary N) is 1. The van der Waals surface area contributed by atoms with Crippen LogP contribution in [0.2, 0.25) is 0 Å². The Morgan fingerprint density at radius 2 is 1.89 bits per heavy atom. The molecule has 0 unspecified atom stereocenters. The number of anilines is 1. The van der Waals surface area contributed by atoms with E-state index in [1.165, 1.54) is 0 Å². The summed E-state index contributed by atoms with van der Waals surface area (Å²) >= 11 is 0. The van der Waals surface area contributed by atoms with E-state index in [4.69, 9.17) is 4.74 Å². The van der Waals surface area contributed by atoms with Crippen LogP contribution in [0.5, 0.6) is 0 Å². The number of carbonyl (C=O) groups excluding carboxylic acids is 1. The number of aromatic nitrogens is 1. The van der Waals surface area contributed by atoms with Crippen LogP contribution in [-0.2, 0) is 4.74 Å². The van der Waals surface area contributed by atoms with Gasteiger partial charge in [-0.3, -0.25) is 4.79 Å². The molecule has 0 radical (unpaired) electrons. The molecule has 0 aliphatic rings. The first-order valence-corrected chi connectivity index (χ1v) is 6.08. The van der Waals surface area contributed by atoms with Crippen molar-refractivity contribution in [2.24, 2.45) is 0 Å². The fourth-order valence-corrected chi connectivity index (χ4v) is 1.70. The highest BCUT2D eigenvalue weighted by atomic mass is 16.5. The zero-order chi connectivity index (χ0) is 13.5. The van der Waals surface area contributed by atoms with Crippen molar-refractivity contribution in [1.82, 2.24) is 4.98 Å². The highest BCUT2D eigenvalue weighted by molar-refractivity contribution is 5.76. The predicted molar refractivity (Wildman–Crippen MR) is 75.4 cm³/mol. The number of ether oxygens (including phenoxy) is 1. The van der Waals surface area contributed by atoms with E-state index < -0.39 is 0 Å². The Morgan fingerprint density at radius 1 is 1.16 bits per heavy atom. The van der Waals surface area contributed by atoms with Crippen LogP contribution in [-0.4, -0.2) is 31.5 Å². The van der Waals surface area contributed by atoms with E-state index >= 15 is 0 Å². The Kier molecular flexibility index (Phi) is 4.64. The Morgan fingerprint density at radius 3 is 2.47 bits per heavy atom. The first-order valence-electron chi connectivity index (χ1n) is 6.08. The molecule has 1 aromatic carbocycles. The zero-order valence-electron chi connectivity index (χ0n) is 10.8. The van der Waals surface area contributed by atoms with Crippen molar-refractivity contribution in [2.75, 3.05) is 25.6 Å². The number of pyridine rings is 1. The van der Waals surface area contributed by atoms with Crippen LogP contribution in [0.4, 0.5) is 5.82 Å². The molecule has 0 bridgehead atoms. The molecule has 98 valence electrons. The van der Waals surface area contributed by atoms with Gasteiger partial charge in [0.15, 0.2) is 0 Å². The number of methoxy groups -OCH3 is 1. The molecule has 0 fully saturated rings. The smallest absolute Gasteiger partial charge is 0.150 e. The highest BCUT2D eigenvalue weighted by Gasteiger charge is 1.99. The van der Waals surface area contributed by atoms with Gasteiger partial charge in [0.05, 0.1) is 6.61 Å². The molecule has 1 N–H and O–H groups in total. The summed E-state index contributed by atoms with van der Waals surface area (Å²) in [6.45, 7) is 1.38. The van der Waals surface area contributed by atoms with E-state index in [0.29, 0.717) is 12.2 Å². The molecule has 0 aliphatic heterocycles. The van der Waals surface area contributed by atoms with Crippen LogP contribution in [0.25, 0.3) is 11.1 Å². The summed E-state index contributed by atoms with van der Waals surface area (Å²) in [4.78, 5) is 14.9. The number of benzene rings is 1. The second-order valence-corrected chi connectivity index (χ2v) is 4.09. The molecule has 1 aromatic heterocycles. The SMILES string of the molecule is COCCNc1ccc(-c2ccc(C=O)cc2)cn1. The second kappa shape index (κ2) is 6.66. The summed E-state index contributed by atoms with van der Waals surface area (Å²) in [6.07, 6.45) is 2.65. The first-order chi connectivity index (χ1) is 9.33. The molecule has 0 aliphatic carbocycles. The number of aldehydes is 1. The van der Waals surface area contributed by atoms with Gasteiger partial charge in [0.25, 0.3) is 0 Å². The Balaban J connectivity index is 2.06. The molecule has 19 heavy (non-hydrogen) atoms. The second-order valence-electron chi connectivity index (χ2n) is 4.09. The molecule has 4 heteroatoms. The molecule has 4 nitrogen and oxygen atoms in total. The average molecular weight is 256 g/mol. The van der Waals surface area contributed by atoms with Crippen molar-refractivity contribution in [2.45, 2.75) is 0 Å². The van der Waals surface area contributed by atoms with Crippen LogP contribution in [0.3, 0.4) is 0 Å². The van der Waals surface area contributed by atoms with Gasteiger partial charge in [-0.2, -0.15) is 0 Å². The number of hydrogen-bond donors (Lipinski definition) is 1. The van der Waals surface area contributed by atoms with Crippen molar-refractivity contribution in [1.29, 1.82) is 0 Å². The third kappa shape index (κ3) is 3.63. The van der Waals surface area contributed by atoms with Gasteiger partial charge in [-0.25, -0.2) is 4.98 Å². The van der Waals surface area contributed by atoms with Gasteiger partial charge in [0, 0.05) is 31.0 Å². The van der Waals surface area contributed by atoms with Crippen LogP contribution in [0, 0.1) is 0 Å². The number of hydrogen-bond acceptors (Lipinski definition) is 4. The molecule has 0 saturated carbocycles. The lowest BCUT2D eigenvalue weighted by molar-refractivity contribution is 0.112. The third-order valence-electron chi connectivity index (χ3n) is 2.76. The van der Waals surface area contributed by atoms with Crippen LogP contribution < -0.4 is 5.32 Å². The van der Waals surface area contributed by atoms with Gasteiger partial charge in [-0.1, -0.05) is 24.3 Å². The maximum Gasteiger partial charge on any atom is 0.150 e. The van der Waals surface area contributed by atoms with Crippen LogP contribution in [0.1, 0.15) is 10.4 Å². The minimum absolute atomic E-state index is 0.649. The van der Waals surface area contributed by atoms with Crippen LogP contribution in [0.15, 0.2) is 42.6 Å².